The van der Waals surface area contributed by atoms with E-state index in [1.807, 2.05) is 43.3 Å². The lowest BCUT2D eigenvalue weighted by atomic mass is 9.94. The van der Waals surface area contributed by atoms with Crippen LogP contribution in [0.2, 0.25) is 0 Å². The van der Waals surface area contributed by atoms with Crippen molar-refractivity contribution in [1.29, 1.82) is 0 Å². The first-order chi connectivity index (χ1) is 9.58. The first-order valence-corrected chi connectivity index (χ1v) is 6.68. The highest BCUT2D eigenvalue weighted by atomic mass is 16.4. The first-order valence-electron chi connectivity index (χ1n) is 6.68. The van der Waals surface area contributed by atoms with E-state index in [9.17, 15) is 4.79 Å². The molecule has 20 heavy (non-hydrogen) atoms. The van der Waals surface area contributed by atoms with E-state index in [-0.39, 0.29) is 5.63 Å². The van der Waals surface area contributed by atoms with Crippen LogP contribution >= 0.6 is 0 Å². The van der Waals surface area contributed by atoms with Crippen LogP contribution in [0.5, 0.6) is 0 Å². The quantitative estimate of drug-likeness (QED) is 0.610. The molecule has 0 N–H and O–H groups in total. The van der Waals surface area contributed by atoms with Crippen LogP contribution in [0.1, 0.15) is 16.7 Å². The summed E-state index contributed by atoms with van der Waals surface area (Å²) in [5.74, 6) is 0. The molecule has 0 radical (unpaired) electrons. The van der Waals surface area contributed by atoms with Crippen molar-refractivity contribution in [3.8, 4) is 11.1 Å². The number of rotatable bonds is 1. The Kier molecular flexibility index (Phi) is 2.94. The molecule has 2 nitrogen and oxygen atoms in total. The summed E-state index contributed by atoms with van der Waals surface area (Å²) in [7, 11) is 0. The maximum absolute atomic E-state index is 11.8. The third kappa shape index (κ3) is 1.94. The number of fused-ring (bicyclic) bond motifs is 1. The van der Waals surface area contributed by atoms with E-state index in [4.69, 9.17) is 4.42 Å². The minimum Gasteiger partial charge on any atom is -0.423 e. The molecule has 0 fully saturated rings. The molecular weight excluding hydrogens is 248 g/mol. The molecule has 0 aliphatic carbocycles. The lowest BCUT2D eigenvalue weighted by Crippen LogP contribution is -2.01. The van der Waals surface area contributed by atoms with Gasteiger partial charge in [0.25, 0.3) is 0 Å². The lowest BCUT2D eigenvalue weighted by Gasteiger charge is -2.12. The van der Waals surface area contributed by atoms with Gasteiger partial charge in [-0.3, -0.25) is 0 Å². The highest BCUT2D eigenvalue weighted by Crippen LogP contribution is 2.32. The van der Waals surface area contributed by atoms with Crippen molar-refractivity contribution < 1.29 is 4.42 Å². The molecule has 2 aromatic carbocycles. The largest absolute Gasteiger partial charge is 0.423 e. The molecule has 1 aromatic heterocycles. The number of hydrogen-bond acceptors (Lipinski definition) is 2. The van der Waals surface area contributed by atoms with Gasteiger partial charge in [-0.1, -0.05) is 30.3 Å². The van der Waals surface area contributed by atoms with Crippen molar-refractivity contribution in [2.24, 2.45) is 0 Å². The molecule has 0 amide bonds. The van der Waals surface area contributed by atoms with Crippen molar-refractivity contribution in [2.45, 2.75) is 20.8 Å². The van der Waals surface area contributed by atoms with Crippen LogP contribution in [-0.2, 0) is 0 Å². The van der Waals surface area contributed by atoms with Crippen LogP contribution in [0.3, 0.4) is 0 Å². The number of benzene rings is 2. The van der Waals surface area contributed by atoms with Crippen molar-refractivity contribution in [3.63, 3.8) is 0 Å². The lowest BCUT2D eigenvalue weighted by molar-refractivity contribution is 0.561. The Morgan fingerprint density at radius 3 is 2.30 bits per heavy atom. The van der Waals surface area contributed by atoms with Crippen molar-refractivity contribution in [1.82, 2.24) is 0 Å². The summed E-state index contributed by atoms with van der Waals surface area (Å²) in [6, 6.07) is 13.5. The van der Waals surface area contributed by atoms with Crippen LogP contribution in [0.4, 0.5) is 0 Å². The average Bonchev–Trinajstić information content (AvgIpc) is 2.45. The van der Waals surface area contributed by atoms with E-state index in [0.29, 0.717) is 5.58 Å². The molecule has 0 bridgehead atoms. The molecule has 0 atom stereocenters. The highest BCUT2D eigenvalue weighted by Gasteiger charge is 2.12. The van der Waals surface area contributed by atoms with Crippen molar-refractivity contribution in [3.05, 3.63) is 69.6 Å². The Hall–Kier alpha value is -2.35. The Morgan fingerprint density at radius 2 is 1.60 bits per heavy atom. The van der Waals surface area contributed by atoms with E-state index in [2.05, 4.69) is 13.8 Å². The Bertz CT molecular complexity index is 843. The fourth-order valence-electron chi connectivity index (χ4n) is 2.63. The average molecular weight is 264 g/mol. The summed E-state index contributed by atoms with van der Waals surface area (Å²) in [6.45, 7) is 6.22. The summed E-state index contributed by atoms with van der Waals surface area (Å²) in [5, 5.41) is 1.03. The second kappa shape index (κ2) is 4.64. The van der Waals surface area contributed by atoms with E-state index in [1.165, 1.54) is 11.1 Å². The van der Waals surface area contributed by atoms with Gasteiger partial charge in [-0.2, -0.15) is 0 Å². The molecule has 3 aromatic rings. The molecule has 3 rings (SSSR count). The SMILES string of the molecule is Cc1cc2oc(=O)cc(-c3ccccc3)c2c(C)c1C. The molecule has 0 aliphatic rings. The van der Waals surface area contributed by atoms with Gasteiger partial charge < -0.3 is 4.42 Å². The maximum Gasteiger partial charge on any atom is 0.336 e. The van der Waals surface area contributed by atoms with Crippen LogP contribution in [0.25, 0.3) is 22.1 Å². The van der Waals surface area contributed by atoms with Gasteiger partial charge in [0.1, 0.15) is 5.58 Å². The zero-order valence-electron chi connectivity index (χ0n) is 11.9. The van der Waals surface area contributed by atoms with Crippen molar-refractivity contribution >= 4 is 11.0 Å². The van der Waals surface area contributed by atoms with E-state index >= 15 is 0 Å². The van der Waals surface area contributed by atoms with Gasteiger partial charge in [0.05, 0.1) is 0 Å². The van der Waals surface area contributed by atoms with E-state index in [1.54, 1.807) is 6.07 Å². The number of hydrogen-bond donors (Lipinski definition) is 0. The fraction of sp³-hybridized carbons (Fsp3) is 0.167. The van der Waals surface area contributed by atoms with E-state index < -0.39 is 0 Å². The summed E-state index contributed by atoms with van der Waals surface area (Å²) in [4.78, 5) is 11.8. The van der Waals surface area contributed by atoms with Gasteiger partial charge in [-0.25, -0.2) is 4.79 Å². The molecule has 0 saturated carbocycles. The molecule has 0 spiro atoms. The Balaban J connectivity index is 2.49. The van der Waals surface area contributed by atoms with Gasteiger partial charge in [-0.15, -0.1) is 0 Å². The van der Waals surface area contributed by atoms with Gasteiger partial charge in [0.2, 0.25) is 0 Å². The molecule has 1 heterocycles. The predicted octanol–water partition coefficient (Wildman–Crippen LogP) is 4.39. The molecule has 0 aliphatic heterocycles. The molecule has 0 unspecified atom stereocenters. The Labute approximate surface area is 117 Å². The minimum absolute atomic E-state index is 0.306. The molecule has 100 valence electrons. The zero-order valence-corrected chi connectivity index (χ0v) is 11.9. The summed E-state index contributed by atoms with van der Waals surface area (Å²) in [5.41, 5.74) is 5.89. The van der Waals surface area contributed by atoms with Gasteiger partial charge in [0, 0.05) is 17.0 Å². The summed E-state index contributed by atoms with van der Waals surface area (Å²) >= 11 is 0. The second-order valence-corrected chi connectivity index (χ2v) is 5.16. The predicted molar refractivity (Wildman–Crippen MR) is 82.1 cm³/mol. The van der Waals surface area contributed by atoms with Gasteiger partial charge in [0.15, 0.2) is 0 Å². The normalized spacial score (nSPS) is 10.9. The minimum atomic E-state index is -0.306. The number of aryl methyl sites for hydroxylation is 2. The maximum atomic E-state index is 11.8. The standard InChI is InChI=1S/C18H16O2/c1-11-9-16-18(13(3)12(11)2)15(10-17(19)20-16)14-7-5-4-6-8-14/h4-10H,1-3H3. The third-order valence-electron chi connectivity index (χ3n) is 3.95. The van der Waals surface area contributed by atoms with Crippen LogP contribution in [-0.4, -0.2) is 0 Å². The monoisotopic (exact) mass is 264 g/mol. The highest BCUT2D eigenvalue weighted by molar-refractivity contribution is 5.96. The smallest absolute Gasteiger partial charge is 0.336 e. The molecule has 2 heteroatoms. The van der Waals surface area contributed by atoms with Crippen LogP contribution in [0, 0.1) is 20.8 Å². The molecular formula is C18H16O2. The fourth-order valence-corrected chi connectivity index (χ4v) is 2.63. The second-order valence-electron chi connectivity index (χ2n) is 5.16. The van der Waals surface area contributed by atoms with Crippen LogP contribution < -0.4 is 5.63 Å². The Morgan fingerprint density at radius 1 is 0.900 bits per heavy atom. The summed E-state index contributed by atoms with van der Waals surface area (Å²) < 4.78 is 5.38. The van der Waals surface area contributed by atoms with Gasteiger partial charge in [-0.05, 0) is 49.1 Å². The molecule has 0 saturated heterocycles. The van der Waals surface area contributed by atoms with Crippen LogP contribution in [0.15, 0.2) is 51.7 Å². The van der Waals surface area contributed by atoms with E-state index in [0.717, 1.165) is 22.1 Å². The van der Waals surface area contributed by atoms with Crippen molar-refractivity contribution in [2.75, 3.05) is 0 Å². The first kappa shape index (κ1) is 12.7. The summed E-state index contributed by atoms with van der Waals surface area (Å²) in [6.07, 6.45) is 0. The zero-order chi connectivity index (χ0) is 14.3. The third-order valence-corrected chi connectivity index (χ3v) is 3.95. The van der Waals surface area contributed by atoms with Gasteiger partial charge >= 0.3 is 5.63 Å². The topological polar surface area (TPSA) is 30.2 Å².